The number of aryl methyl sites for hydroxylation is 1. The summed E-state index contributed by atoms with van der Waals surface area (Å²) in [7, 11) is 2.87. The van der Waals surface area contributed by atoms with Crippen molar-refractivity contribution in [3.63, 3.8) is 0 Å². The van der Waals surface area contributed by atoms with E-state index in [0.29, 0.717) is 16.8 Å². The second kappa shape index (κ2) is 4.02. The third-order valence-electron chi connectivity index (χ3n) is 2.65. The van der Waals surface area contributed by atoms with Crippen LogP contribution in [0.15, 0.2) is 27.4 Å². The predicted octanol–water partition coefficient (Wildman–Crippen LogP) is 0.179. The van der Waals surface area contributed by atoms with Crippen molar-refractivity contribution in [3.05, 3.63) is 28.7 Å². The van der Waals surface area contributed by atoms with Crippen molar-refractivity contribution >= 4 is 28.7 Å². The Balaban J connectivity index is 2.53. The number of oxazole rings is 1. The molecule has 0 aliphatic heterocycles. The molecule has 0 bridgehead atoms. The van der Waals surface area contributed by atoms with Crippen molar-refractivity contribution in [2.45, 2.75) is 0 Å². The molecule has 0 radical (unpaired) electrons. The summed E-state index contributed by atoms with van der Waals surface area (Å²) >= 11 is 0. The number of aliphatic carboxylic acids is 1. The van der Waals surface area contributed by atoms with Crippen molar-refractivity contribution in [3.8, 4) is 0 Å². The van der Waals surface area contributed by atoms with Crippen LogP contribution in [0.4, 0.5) is 5.69 Å². The maximum absolute atomic E-state index is 11.3. The summed E-state index contributed by atoms with van der Waals surface area (Å²) < 4.78 is 6.20. The Hall–Kier alpha value is -2.57. The van der Waals surface area contributed by atoms with Gasteiger partial charge < -0.3 is 14.4 Å². The van der Waals surface area contributed by atoms with Gasteiger partial charge in [-0.1, -0.05) is 0 Å². The fraction of sp³-hybridized carbons (Fsp3) is 0.182. The molecule has 1 aromatic heterocycles. The van der Waals surface area contributed by atoms with E-state index in [1.807, 2.05) is 0 Å². The van der Waals surface area contributed by atoms with E-state index >= 15 is 0 Å². The van der Waals surface area contributed by atoms with Crippen LogP contribution in [0.2, 0.25) is 0 Å². The van der Waals surface area contributed by atoms with Crippen LogP contribution in [0.3, 0.4) is 0 Å². The maximum atomic E-state index is 11.3. The zero-order chi connectivity index (χ0) is 13.4. The number of carboxylic acid groups (broad SMARTS) is 1. The normalized spacial score (nSPS) is 10.6. The third kappa shape index (κ3) is 1.75. The molecule has 0 saturated carbocycles. The molecule has 0 atom stereocenters. The van der Waals surface area contributed by atoms with Crippen LogP contribution in [0, 0.1) is 0 Å². The molecule has 18 heavy (non-hydrogen) atoms. The highest BCUT2D eigenvalue weighted by atomic mass is 16.4. The Labute approximate surface area is 101 Å². The first-order chi connectivity index (χ1) is 8.41. The van der Waals surface area contributed by atoms with Gasteiger partial charge >= 0.3 is 17.6 Å². The summed E-state index contributed by atoms with van der Waals surface area (Å²) in [5, 5.41) is 8.62. The average Bonchev–Trinajstić information content (AvgIpc) is 2.63. The molecule has 7 nitrogen and oxygen atoms in total. The van der Waals surface area contributed by atoms with Gasteiger partial charge in [-0.25, -0.2) is 9.59 Å². The second-order valence-electron chi connectivity index (χ2n) is 3.75. The summed E-state index contributed by atoms with van der Waals surface area (Å²) in [6.07, 6.45) is 0. The van der Waals surface area contributed by atoms with Crippen LogP contribution >= 0.6 is 0 Å². The molecule has 7 heteroatoms. The Morgan fingerprint density at radius 2 is 2.06 bits per heavy atom. The van der Waals surface area contributed by atoms with Gasteiger partial charge in [0.15, 0.2) is 5.58 Å². The van der Waals surface area contributed by atoms with E-state index in [4.69, 9.17) is 9.52 Å². The van der Waals surface area contributed by atoms with Gasteiger partial charge in [0, 0.05) is 19.8 Å². The number of hydrogen-bond donors (Lipinski definition) is 1. The Morgan fingerprint density at radius 1 is 1.39 bits per heavy atom. The molecule has 0 saturated heterocycles. The first-order valence-electron chi connectivity index (χ1n) is 5.02. The van der Waals surface area contributed by atoms with Gasteiger partial charge in [0.1, 0.15) is 0 Å². The number of anilines is 1. The molecule has 1 aromatic carbocycles. The molecular formula is C11H10N2O5. The zero-order valence-corrected chi connectivity index (χ0v) is 9.71. The molecule has 0 aliphatic rings. The van der Waals surface area contributed by atoms with Gasteiger partial charge in [0.25, 0.3) is 0 Å². The van der Waals surface area contributed by atoms with Crippen LogP contribution in [-0.2, 0) is 16.6 Å². The molecule has 1 amide bonds. The predicted molar refractivity (Wildman–Crippen MR) is 62.5 cm³/mol. The zero-order valence-electron chi connectivity index (χ0n) is 9.71. The number of benzene rings is 1. The second-order valence-corrected chi connectivity index (χ2v) is 3.75. The minimum Gasteiger partial charge on any atom is -0.474 e. The van der Waals surface area contributed by atoms with E-state index in [1.165, 1.54) is 36.9 Å². The highest BCUT2D eigenvalue weighted by Crippen LogP contribution is 2.20. The number of nitrogens with zero attached hydrogens (tertiary/aromatic N) is 2. The van der Waals surface area contributed by atoms with E-state index in [2.05, 4.69) is 0 Å². The number of carboxylic acids is 1. The van der Waals surface area contributed by atoms with Crippen LogP contribution in [0.1, 0.15) is 0 Å². The lowest BCUT2D eigenvalue weighted by atomic mass is 10.2. The molecule has 1 heterocycles. The fourth-order valence-electron chi connectivity index (χ4n) is 1.58. The monoisotopic (exact) mass is 250 g/mol. The molecule has 0 fully saturated rings. The van der Waals surface area contributed by atoms with Crippen molar-refractivity contribution in [2.75, 3.05) is 11.9 Å². The van der Waals surface area contributed by atoms with Crippen molar-refractivity contribution in [1.29, 1.82) is 0 Å². The number of fused-ring (bicyclic) bond motifs is 1. The van der Waals surface area contributed by atoms with E-state index in [1.54, 1.807) is 0 Å². The summed E-state index contributed by atoms with van der Waals surface area (Å²) in [4.78, 5) is 34.2. The first kappa shape index (κ1) is 11.9. The largest absolute Gasteiger partial charge is 0.474 e. The van der Waals surface area contributed by atoms with E-state index in [9.17, 15) is 14.4 Å². The van der Waals surface area contributed by atoms with Gasteiger partial charge in [0.05, 0.1) is 5.52 Å². The molecule has 0 unspecified atom stereocenters. The fourth-order valence-corrected chi connectivity index (χ4v) is 1.58. The topological polar surface area (TPSA) is 92.8 Å². The maximum Gasteiger partial charge on any atom is 0.419 e. The van der Waals surface area contributed by atoms with Crippen LogP contribution < -0.4 is 10.7 Å². The van der Waals surface area contributed by atoms with Gasteiger partial charge in [-0.05, 0) is 18.2 Å². The Bertz CT molecular complexity index is 697. The minimum absolute atomic E-state index is 0.367. The summed E-state index contributed by atoms with van der Waals surface area (Å²) in [5.74, 6) is -3.11. The summed E-state index contributed by atoms with van der Waals surface area (Å²) in [6, 6.07) is 4.53. The lowest BCUT2D eigenvalue weighted by Crippen LogP contribution is -2.32. The number of carbonyl (C=O) groups excluding carboxylic acids is 1. The van der Waals surface area contributed by atoms with Crippen LogP contribution in [-0.4, -0.2) is 28.6 Å². The highest BCUT2D eigenvalue weighted by Gasteiger charge is 2.19. The molecule has 94 valence electrons. The minimum atomic E-state index is -1.54. The number of likely N-dealkylation sites (N-methyl/N-ethyl adjacent to an activating group) is 1. The van der Waals surface area contributed by atoms with Gasteiger partial charge in [0.2, 0.25) is 0 Å². The van der Waals surface area contributed by atoms with Crippen molar-refractivity contribution < 1.29 is 19.1 Å². The number of aromatic nitrogens is 1. The lowest BCUT2D eigenvalue weighted by molar-refractivity contribution is -0.148. The van der Waals surface area contributed by atoms with Gasteiger partial charge in [-0.2, -0.15) is 0 Å². The molecule has 2 rings (SSSR count). The number of amides is 1. The SMILES string of the molecule is CN(C(=O)C(=O)O)c1ccc2oc(=O)n(C)c2c1. The third-order valence-corrected chi connectivity index (χ3v) is 2.65. The van der Waals surface area contributed by atoms with Gasteiger partial charge in [-0.3, -0.25) is 9.36 Å². The quantitative estimate of drug-likeness (QED) is 0.729. The molecule has 1 N–H and O–H groups in total. The average molecular weight is 250 g/mol. The van der Waals surface area contributed by atoms with Crippen molar-refractivity contribution in [2.24, 2.45) is 7.05 Å². The summed E-state index contributed by atoms with van der Waals surface area (Å²) in [6.45, 7) is 0. The molecule has 0 spiro atoms. The number of carbonyl (C=O) groups is 2. The number of hydrogen-bond acceptors (Lipinski definition) is 4. The number of rotatable bonds is 1. The molecule has 2 aromatic rings. The molecule has 0 aliphatic carbocycles. The highest BCUT2D eigenvalue weighted by molar-refractivity contribution is 6.37. The van der Waals surface area contributed by atoms with Crippen molar-refractivity contribution in [1.82, 2.24) is 4.57 Å². The van der Waals surface area contributed by atoms with E-state index in [0.717, 1.165) is 4.90 Å². The molecular weight excluding hydrogens is 240 g/mol. The van der Waals surface area contributed by atoms with E-state index in [-0.39, 0.29) is 0 Å². The smallest absolute Gasteiger partial charge is 0.419 e. The van der Waals surface area contributed by atoms with Crippen LogP contribution in [0.25, 0.3) is 11.1 Å². The van der Waals surface area contributed by atoms with Gasteiger partial charge in [-0.15, -0.1) is 0 Å². The lowest BCUT2D eigenvalue weighted by Gasteiger charge is -2.14. The van der Waals surface area contributed by atoms with E-state index < -0.39 is 17.6 Å². The Kier molecular flexibility index (Phi) is 2.66. The van der Waals surface area contributed by atoms with Crippen LogP contribution in [0.5, 0.6) is 0 Å². The Morgan fingerprint density at radius 3 is 2.67 bits per heavy atom. The standard InChI is InChI=1S/C11H10N2O5/c1-12(9(14)10(15)16)6-3-4-8-7(5-6)13(2)11(17)18-8/h3-5H,1-2H3,(H,15,16). The summed E-state index contributed by atoms with van der Waals surface area (Å²) in [5.41, 5.74) is 1.23. The first-order valence-corrected chi connectivity index (χ1v) is 5.02.